The highest BCUT2D eigenvalue weighted by Crippen LogP contribution is 2.37. The van der Waals surface area contributed by atoms with Gasteiger partial charge in [0.2, 0.25) is 5.91 Å². The largest absolute Gasteiger partial charge is 0.495 e. The lowest BCUT2D eigenvalue weighted by atomic mass is 10.2. The van der Waals surface area contributed by atoms with Crippen LogP contribution in [-0.4, -0.2) is 41.8 Å². The molecule has 9 nitrogen and oxygen atoms in total. The van der Waals surface area contributed by atoms with Gasteiger partial charge in [-0.25, -0.2) is 8.42 Å². The molecule has 3 rings (SSSR count). The quantitative estimate of drug-likeness (QED) is 0.754. The Hall–Kier alpha value is -3.14. The normalized spacial score (nSPS) is 12.8. The third-order valence-electron chi connectivity index (χ3n) is 3.88. The monoisotopic (exact) mass is 408 g/mol. The molecule has 0 unspecified atom stereocenters. The lowest BCUT2D eigenvalue weighted by Crippen LogP contribution is -2.17. The molecule has 150 valence electrons. The Morgan fingerprint density at radius 2 is 1.68 bits per heavy atom. The summed E-state index contributed by atoms with van der Waals surface area (Å²) in [4.78, 5) is 11.3. The standard InChI is InChI=1S/C18H20N2O7S/c1-11(21)19-13-9-18(17(25-3)10-15(13)24-2)28(22,23)20-12-4-5-14-16(8-12)27-7-6-26-14/h4-5,8-10,20H,6-7H2,1-3H3,(H,19,21). The second-order valence-electron chi connectivity index (χ2n) is 5.85. The first-order valence-corrected chi connectivity index (χ1v) is 9.78. The number of carbonyl (C=O) groups is 1. The first-order chi connectivity index (χ1) is 13.3. The number of carbonyl (C=O) groups excluding carboxylic acids is 1. The van der Waals surface area contributed by atoms with Crippen LogP contribution < -0.4 is 29.0 Å². The zero-order valence-corrected chi connectivity index (χ0v) is 16.4. The molecule has 0 aromatic heterocycles. The average molecular weight is 408 g/mol. The summed E-state index contributed by atoms with van der Waals surface area (Å²) in [6.07, 6.45) is 0. The van der Waals surface area contributed by atoms with E-state index in [9.17, 15) is 13.2 Å². The summed E-state index contributed by atoms with van der Waals surface area (Å²) < 4.78 is 49.7. The van der Waals surface area contributed by atoms with Gasteiger partial charge in [0.25, 0.3) is 10.0 Å². The van der Waals surface area contributed by atoms with Crippen LogP contribution in [-0.2, 0) is 14.8 Å². The predicted molar refractivity (Wildman–Crippen MR) is 102 cm³/mol. The van der Waals surface area contributed by atoms with E-state index < -0.39 is 10.0 Å². The molecule has 1 amide bonds. The molecule has 0 atom stereocenters. The molecule has 1 aliphatic rings. The highest BCUT2D eigenvalue weighted by Gasteiger charge is 2.24. The number of anilines is 2. The van der Waals surface area contributed by atoms with E-state index in [2.05, 4.69) is 10.0 Å². The van der Waals surface area contributed by atoms with Gasteiger partial charge in [-0.1, -0.05) is 0 Å². The number of amides is 1. The molecule has 2 N–H and O–H groups in total. The fourth-order valence-electron chi connectivity index (χ4n) is 2.68. The van der Waals surface area contributed by atoms with Gasteiger partial charge in [-0.15, -0.1) is 0 Å². The molecule has 0 fully saturated rings. The highest BCUT2D eigenvalue weighted by atomic mass is 32.2. The van der Waals surface area contributed by atoms with Crippen molar-refractivity contribution in [2.45, 2.75) is 11.8 Å². The molecule has 0 aliphatic carbocycles. The van der Waals surface area contributed by atoms with Crippen LogP contribution in [0.4, 0.5) is 11.4 Å². The Kier molecular flexibility index (Phi) is 5.50. The van der Waals surface area contributed by atoms with Gasteiger partial charge in [-0.3, -0.25) is 9.52 Å². The Labute approximate surface area is 162 Å². The van der Waals surface area contributed by atoms with Crippen LogP contribution in [0.25, 0.3) is 0 Å². The minimum Gasteiger partial charge on any atom is -0.495 e. The van der Waals surface area contributed by atoms with Crippen molar-refractivity contribution in [1.29, 1.82) is 0 Å². The number of methoxy groups -OCH3 is 2. The topological polar surface area (TPSA) is 112 Å². The third-order valence-corrected chi connectivity index (χ3v) is 5.28. The molecule has 0 saturated heterocycles. The molecule has 0 radical (unpaired) electrons. The molecule has 0 bridgehead atoms. The summed E-state index contributed by atoms with van der Waals surface area (Å²) in [6.45, 7) is 2.13. The Morgan fingerprint density at radius 1 is 1.00 bits per heavy atom. The van der Waals surface area contributed by atoms with Crippen LogP contribution in [0.3, 0.4) is 0 Å². The molecular weight excluding hydrogens is 388 g/mol. The molecule has 10 heteroatoms. The van der Waals surface area contributed by atoms with Gasteiger partial charge in [0.1, 0.15) is 29.6 Å². The smallest absolute Gasteiger partial charge is 0.265 e. The van der Waals surface area contributed by atoms with Gasteiger partial charge in [-0.2, -0.15) is 0 Å². The number of rotatable bonds is 6. The Bertz CT molecular complexity index is 1010. The number of benzene rings is 2. The minimum atomic E-state index is -4.04. The average Bonchev–Trinajstić information content (AvgIpc) is 2.66. The maximum Gasteiger partial charge on any atom is 0.265 e. The Balaban J connectivity index is 1.99. The van der Waals surface area contributed by atoms with Crippen molar-refractivity contribution < 1.29 is 32.2 Å². The van der Waals surface area contributed by atoms with Crippen LogP contribution in [0, 0.1) is 0 Å². The highest BCUT2D eigenvalue weighted by molar-refractivity contribution is 7.92. The molecule has 2 aromatic carbocycles. The fraction of sp³-hybridized carbons (Fsp3) is 0.278. The predicted octanol–water partition coefficient (Wildman–Crippen LogP) is 2.23. The van der Waals surface area contributed by atoms with Crippen LogP contribution in [0.1, 0.15) is 6.92 Å². The van der Waals surface area contributed by atoms with Crippen molar-refractivity contribution in [3.05, 3.63) is 30.3 Å². The van der Waals surface area contributed by atoms with Gasteiger partial charge >= 0.3 is 0 Å². The van der Waals surface area contributed by atoms with Crippen molar-refractivity contribution in [3.63, 3.8) is 0 Å². The third kappa shape index (κ3) is 4.06. The van der Waals surface area contributed by atoms with E-state index in [1.54, 1.807) is 12.1 Å². The van der Waals surface area contributed by atoms with E-state index in [1.165, 1.54) is 39.3 Å². The minimum absolute atomic E-state index is 0.0657. The molecular formula is C18H20N2O7S. The SMILES string of the molecule is COc1cc(OC)c(S(=O)(=O)Nc2ccc3c(c2)OCCO3)cc1NC(C)=O. The summed E-state index contributed by atoms with van der Waals surface area (Å²) in [6, 6.07) is 7.40. The molecule has 28 heavy (non-hydrogen) atoms. The zero-order chi connectivity index (χ0) is 20.3. The van der Waals surface area contributed by atoms with E-state index in [4.69, 9.17) is 18.9 Å². The summed E-state index contributed by atoms with van der Waals surface area (Å²) in [7, 11) is -1.30. The molecule has 1 heterocycles. The number of ether oxygens (including phenoxy) is 4. The number of nitrogens with one attached hydrogen (secondary N) is 2. The van der Waals surface area contributed by atoms with Gasteiger partial charge in [0.15, 0.2) is 11.5 Å². The summed E-state index contributed by atoms with van der Waals surface area (Å²) >= 11 is 0. The number of hydrogen-bond donors (Lipinski definition) is 2. The molecule has 0 saturated carbocycles. The lowest BCUT2D eigenvalue weighted by Gasteiger charge is -2.20. The fourth-order valence-corrected chi connectivity index (χ4v) is 3.91. The van der Waals surface area contributed by atoms with E-state index >= 15 is 0 Å². The summed E-state index contributed by atoms with van der Waals surface area (Å²) in [5.41, 5.74) is 0.501. The van der Waals surface area contributed by atoms with Gasteiger partial charge in [0, 0.05) is 19.1 Å². The van der Waals surface area contributed by atoms with E-state index in [-0.39, 0.29) is 28.0 Å². The lowest BCUT2D eigenvalue weighted by molar-refractivity contribution is -0.114. The van der Waals surface area contributed by atoms with Crippen LogP contribution in [0.15, 0.2) is 35.2 Å². The number of hydrogen-bond acceptors (Lipinski definition) is 7. The van der Waals surface area contributed by atoms with Crippen molar-refractivity contribution >= 4 is 27.3 Å². The summed E-state index contributed by atoms with van der Waals surface area (Å²) in [5, 5.41) is 2.54. The first kappa shape index (κ1) is 19.6. The van der Waals surface area contributed by atoms with Gasteiger partial charge in [0.05, 0.1) is 25.6 Å². The van der Waals surface area contributed by atoms with Crippen LogP contribution >= 0.6 is 0 Å². The van der Waals surface area contributed by atoms with E-state index in [1.807, 2.05) is 0 Å². The van der Waals surface area contributed by atoms with Crippen molar-refractivity contribution in [3.8, 4) is 23.0 Å². The van der Waals surface area contributed by atoms with Gasteiger partial charge < -0.3 is 24.3 Å². The molecule has 1 aliphatic heterocycles. The number of sulfonamides is 1. The summed E-state index contributed by atoms with van der Waals surface area (Å²) in [5.74, 6) is 0.962. The van der Waals surface area contributed by atoms with Gasteiger partial charge in [-0.05, 0) is 18.2 Å². The molecule has 2 aromatic rings. The van der Waals surface area contributed by atoms with Crippen LogP contribution in [0.2, 0.25) is 0 Å². The second kappa shape index (κ2) is 7.85. The van der Waals surface area contributed by atoms with E-state index in [0.717, 1.165) is 0 Å². The maximum atomic E-state index is 13.0. The second-order valence-corrected chi connectivity index (χ2v) is 7.50. The van der Waals surface area contributed by atoms with E-state index in [0.29, 0.717) is 30.4 Å². The van der Waals surface area contributed by atoms with Crippen molar-refractivity contribution in [2.75, 3.05) is 37.5 Å². The first-order valence-electron chi connectivity index (χ1n) is 8.30. The number of fused-ring (bicyclic) bond motifs is 1. The van der Waals surface area contributed by atoms with Crippen molar-refractivity contribution in [1.82, 2.24) is 0 Å². The van der Waals surface area contributed by atoms with Crippen molar-refractivity contribution in [2.24, 2.45) is 0 Å². The zero-order valence-electron chi connectivity index (χ0n) is 15.6. The molecule has 0 spiro atoms. The maximum absolute atomic E-state index is 13.0. The Morgan fingerprint density at radius 3 is 2.32 bits per heavy atom. The van der Waals surface area contributed by atoms with Crippen LogP contribution in [0.5, 0.6) is 23.0 Å².